The molecule has 3 aromatic rings. The van der Waals surface area contributed by atoms with Gasteiger partial charge in [-0.1, -0.05) is 37.6 Å². The Morgan fingerprint density at radius 2 is 1.88 bits per heavy atom. The van der Waals surface area contributed by atoms with E-state index in [1.54, 1.807) is 24.3 Å². The lowest BCUT2D eigenvalue weighted by Crippen LogP contribution is -2.34. The first-order valence-corrected chi connectivity index (χ1v) is 15.4. The van der Waals surface area contributed by atoms with Gasteiger partial charge < -0.3 is 25.0 Å². The van der Waals surface area contributed by atoms with Crippen LogP contribution in [0.3, 0.4) is 0 Å². The van der Waals surface area contributed by atoms with Crippen molar-refractivity contribution in [2.45, 2.75) is 57.1 Å². The largest absolute Gasteiger partial charge is 0.492 e. The molecule has 0 aliphatic carbocycles. The van der Waals surface area contributed by atoms with Crippen LogP contribution in [0.1, 0.15) is 40.0 Å². The number of para-hydroxylation sites is 1. The summed E-state index contributed by atoms with van der Waals surface area (Å²) in [6.45, 7) is 8.17. The maximum absolute atomic E-state index is 13.2. The lowest BCUT2D eigenvalue weighted by molar-refractivity contribution is 0.207. The first-order chi connectivity index (χ1) is 19.2. The molecule has 0 bridgehead atoms. The Kier molecular flexibility index (Phi) is 10.1. The van der Waals surface area contributed by atoms with Crippen molar-refractivity contribution in [3.05, 3.63) is 53.7 Å². The fourth-order valence-corrected chi connectivity index (χ4v) is 6.15. The molecule has 40 heavy (non-hydrogen) atoms. The summed E-state index contributed by atoms with van der Waals surface area (Å²) >= 11 is 6.41. The molecule has 2 aromatic carbocycles. The molecule has 4 rings (SSSR count). The van der Waals surface area contributed by atoms with E-state index in [4.69, 9.17) is 21.1 Å². The number of nitrogens with one attached hydrogen (secondary N) is 3. The van der Waals surface area contributed by atoms with E-state index in [1.165, 1.54) is 6.20 Å². The summed E-state index contributed by atoms with van der Waals surface area (Å²) in [7, 11) is -1.70. The molecule has 216 valence electrons. The predicted octanol–water partition coefficient (Wildman–Crippen LogP) is 5.57. The van der Waals surface area contributed by atoms with Gasteiger partial charge in [0, 0.05) is 25.2 Å². The standard InChI is InChI=1S/C28H37ClN6O4S/c1-5-19(6-2)34-40(36,37)26-11-9-8-10-24(26)31-27-22(29)17-30-28(33-27)32-23-13-12-20(16-25(23)38-7-3)39-21-14-15-35(4)18-21/h8-13,16-17,19,21,34H,5-7,14-15,18H2,1-4H3,(H2,30,31,32,33)/t21-/m0/s1. The molecule has 1 aromatic heterocycles. The number of likely N-dealkylation sites (N-methyl/N-ethyl adjacent to an activating group) is 1. The van der Waals surface area contributed by atoms with Gasteiger partial charge in [0.05, 0.1) is 24.2 Å². The summed E-state index contributed by atoms with van der Waals surface area (Å²) in [6, 6.07) is 12.1. The molecule has 1 atom stereocenters. The first-order valence-electron chi connectivity index (χ1n) is 13.5. The molecule has 10 nitrogen and oxygen atoms in total. The number of nitrogens with zero attached hydrogens (tertiary/aromatic N) is 3. The Bertz CT molecular complexity index is 1400. The highest BCUT2D eigenvalue weighted by molar-refractivity contribution is 7.89. The van der Waals surface area contributed by atoms with Gasteiger partial charge in [-0.2, -0.15) is 4.98 Å². The number of aromatic nitrogens is 2. The Labute approximate surface area is 241 Å². The summed E-state index contributed by atoms with van der Waals surface area (Å²) < 4.78 is 41.1. The second-order valence-electron chi connectivity index (χ2n) is 9.65. The minimum Gasteiger partial charge on any atom is -0.492 e. The van der Waals surface area contributed by atoms with Gasteiger partial charge in [-0.25, -0.2) is 18.1 Å². The van der Waals surface area contributed by atoms with E-state index >= 15 is 0 Å². The third-order valence-corrected chi connectivity index (χ3v) is 8.49. The van der Waals surface area contributed by atoms with Crippen LogP contribution < -0.4 is 24.8 Å². The van der Waals surface area contributed by atoms with Crippen molar-refractivity contribution in [3.8, 4) is 11.5 Å². The van der Waals surface area contributed by atoms with Crippen LogP contribution in [-0.4, -0.2) is 62.2 Å². The summed E-state index contributed by atoms with van der Waals surface area (Å²) in [5.74, 6) is 1.85. The van der Waals surface area contributed by atoms with E-state index in [1.807, 2.05) is 39.0 Å². The third-order valence-electron chi connectivity index (χ3n) is 6.63. The van der Waals surface area contributed by atoms with Crippen LogP contribution in [0, 0.1) is 0 Å². The number of likely N-dealkylation sites (tertiary alicyclic amines) is 1. The van der Waals surface area contributed by atoms with Gasteiger partial charge in [-0.05, 0) is 57.5 Å². The molecule has 1 fully saturated rings. The zero-order valence-electron chi connectivity index (χ0n) is 23.3. The SMILES string of the molecule is CCOc1cc(O[C@H]2CCN(C)C2)ccc1Nc1ncc(Cl)c(Nc2ccccc2S(=O)(=O)NC(CC)CC)n1. The van der Waals surface area contributed by atoms with Crippen molar-refractivity contribution >= 4 is 44.8 Å². The number of hydrogen-bond donors (Lipinski definition) is 3. The second kappa shape index (κ2) is 13.5. The molecule has 0 saturated carbocycles. The van der Waals surface area contributed by atoms with Gasteiger partial charge >= 0.3 is 0 Å². The van der Waals surface area contributed by atoms with Crippen molar-refractivity contribution in [2.75, 3.05) is 37.4 Å². The molecule has 0 unspecified atom stereocenters. The Hall–Kier alpha value is -3.12. The van der Waals surface area contributed by atoms with Crippen LogP contribution >= 0.6 is 11.6 Å². The molecule has 0 amide bonds. The quantitative estimate of drug-likeness (QED) is 0.236. The number of benzene rings is 2. The highest BCUT2D eigenvalue weighted by Crippen LogP contribution is 2.34. The molecule has 1 aliphatic rings. The molecular weight excluding hydrogens is 552 g/mol. The number of sulfonamides is 1. The summed E-state index contributed by atoms with van der Waals surface area (Å²) in [4.78, 5) is 11.2. The summed E-state index contributed by atoms with van der Waals surface area (Å²) in [5.41, 5.74) is 1.00. The van der Waals surface area contributed by atoms with Crippen LogP contribution in [0.4, 0.5) is 23.1 Å². The summed E-state index contributed by atoms with van der Waals surface area (Å²) in [6.07, 6.45) is 3.95. The lowest BCUT2D eigenvalue weighted by atomic mass is 10.2. The van der Waals surface area contributed by atoms with Crippen molar-refractivity contribution in [1.82, 2.24) is 19.6 Å². The lowest BCUT2D eigenvalue weighted by Gasteiger charge is -2.18. The van der Waals surface area contributed by atoms with Crippen LogP contribution in [0.5, 0.6) is 11.5 Å². The Morgan fingerprint density at radius 1 is 1.10 bits per heavy atom. The van der Waals surface area contributed by atoms with Gasteiger partial charge in [0.15, 0.2) is 5.82 Å². The fourth-order valence-electron chi connectivity index (χ4n) is 4.44. The number of halogens is 1. The average molecular weight is 589 g/mol. The van der Waals surface area contributed by atoms with Crippen LogP contribution in [0.25, 0.3) is 0 Å². The highest BCUT2D eigenvalue weighted by atomic mass is 35.5. The molecule has 2 heterocycles. The van der Waals surface area contributed by atoms with Gasteiger partial charge in [0.1, 0.15) is 27.5 Å². The normalized spacial score (nSPS) is 15.8. The van der Waals surface area contributed by atoms with Gasteiger partial charge in [0.2, 0.25) is 16.0 Å². The fraction of sp³-hybridized carbons (Fsp3) is 0.429. The maximum Gasteiger partial charge on any atom is 0.242 e. The molecule has 0 spiro atoms. The number of ether oxygens (including phenoxy) is 2. The van der Waals surface area contributed by atoms with Crippen LogP contribution in [0.2, 0.25) is 5.02 Å². The first kappa shape index (κ1) is 29.9. The minimum absolute atomic E-state index is 0.105. The minimum atomic E-state index is -3.78. The average Bonchev–Trinajstić information content (AvgIpc) is 3.35. The van der Waals surface area contributed by atoms with E-state index in [2.05, 4.69) is 37.3 Å². The van der Waals surface area contributed by atoms with E-state index < -0.39 is 10.0 Å². The number of hydrogen-bond acceptors (Lipinski definition) is 9. The van der Waals surface area contributed by atoms with Crippen molar-refractivity contribution < 1.29 is 17.9 Å². The second-order valence-corrected chi connectivity index (χ2v) is 11.7. The van der Waals surface area contributed by atoms with Crippen LogP contribution in [-0.2, 0) is 10.0 Å². The molecule has 0 radical (unpaired) electrons. The third kappa shape index (κ3) is 7.54. The smallest absolute Gasteiger partial charge is 0.242 e. The number of anilines is 4. The van der Waals surface area contributed by atoms with E-state index in [-0.39, 0.29) is 33.8 Å². The van der Waals surface area contributed by atoms with E-state index in [9.17, 15) is 8.42 Å². The van der Waals surface area contributed by atoms with Crippen molar-refractivity contribution in [2.24, 2.45) is 0 Å². The van der Waals surface area contributed by atoms with Crippen LogP contribution in [0.15, 0.2) is 53.6 Å². The molecule has 12 heteroatoms. The molecular formula is C28H37ClN6O4S. The van der Waals surface area contributed by atoms with Crippen molar-refractivity contribution in [3.63, 3.8) is 0 Å². The monoisotopic (exact) mass is 588 g/mol. The number of rotatable bonds is 13. The van der Waals surface area contributed by atoms with Gasteiger partial charge in [-0.3, -0.25) is 0 Å². The topological polar surface area (TPSA) is 118 Å². The zero-order chi connectivity index (χ0) is 28.7. The predicted molar refractivity (Wildman–Crippen MR) is 159 cm³/mol. The highest BCUT2D eigenvalue weighted by Gasteiger charge is 2.23. The maximum atomic E-state index is 13.2. The molecule has 3 N–H and O–H groups in total. The van der Waals surface area contributed by atoms with Gasteiger partial charge in [-0.15, -0.1) is 0 Å². The van der Waals surface area contributed by atoms with Crippen molar-refractivity contribution in [1.29, 1.82) is 0 Å². The molecule has 1 aliphatic heterocycles. The Morgan fingerprint density at radius 3 is 2.58 bits per heavy atom. The molecule has 1 saturated heterocycles. The zero-order valence-corrected chi connectivity index (χ0v) is 24.8. The van der Waals surface area contributed by atoms with E-state index in [0.717, 1.165) is 25.3 Å². The van der Waals surface area contributed by atoms with Gasteiger partial charge in [0.25, 0.3) is 0 Å². The Balaban J connectivity index is 1.56. The van der Waals surface area contributed by atoms with E-state index in [0.29, 0.717) is 36.6 Å². The summed E-state index contributed by atoms with van der Waals surface area (Å²) in [5, 5.41) is 6.50.